The Balaban J connectivity index is 1.45. The molecule has 0 radical (unpaired) electrons. The van der Waals surface area contributed by atoms with E-state index in [1.807, 2.05) is 42.5 Å². The highest BCUT2D eigenvalue weighted by molar-refractivity contribution is 6.37. The van der Waals surface area contributed by atoms with Crippen LogP contribution in [0.25, 0.3) is 11.3 Å². The topological polar surface area (TPSA) is 96.7 Å². The lowest BCUT2D eigenvalue weighted by Crippen LogP contribution is -2.37. The van der Waals surface area contributed by atoms with Gasteiger partial charge in [0.1, 0.15) is 0 Å². The third-order valence-corrected chi connectivity index (χ3v) is 6.31. The average Bonchev–Trinajstić information content (AvgIpc) is 3.22. The van der Waals surface area contributed by atoms with Crippen molar-refractivity contribution in [3.63, 3.8) is 0 Å². The van der Waals surface area contributed by atoms with E-state index in [-0.39, 0.29) is 11.6 Å². The first-order chi connectivity index (χ1) is 17.1. The number of hydrogen-bond donors (Lipinski definition) is 2. The fourth-order valence-corrected chi connectivity index (χ4v) is 4.41. The van der Waals surface area contributed by atoms with Crippen LogP contribution < -0.4 is 10.6 Å². The van der Waals surface area contributed by atoms with Crippen molar-refractivity contribution in [3.8, 4) is 0 Å². The number of carbonyl (C=O) groups excluding carboxylic acids is 1. The number of fused-ring (bicyclic) bond motifs is 1. The summed E-state index contributed by atoms with van der Waals surface area (Å²) < 4.78 is 5.41. The van der Waals surface area contributed by atoms with Crippen LogP contribution in [0, 0.1) is 10.1 Å². The van der Waals surface area contributed by atoms with Crippen LogP contribution in [0.1, 0.15) is 16.7 Å². The Hall–Kier alpha value is -4.01. The van der Waals surface area contributed by atoms with Crippen LogP contribution in [0.5, 0.6) is 0 Å². The molecule has 2 N–H and O–H groups in total. The molecule has 35 heavy (non-hydrogen) atoms. The molecule has 0 aromatic heterocycles. The summed E-state index contributed by atoms with van der Waals surface area (Å²) in [7, 11) is 0. The highest BCUT2D eigenvalue weighted by Gasteiger charge is 2.30. The van der Waals surface area contributed by atoms with Crippen molar-refractivity contribution in [2.75, 3.05) is 43.5 Å². The van der Waals surface area contributed by atoms with Gasteiger partial charge in [-0.1, -0.05) is 42.5 Å². The molecular formula is C27H26N4O4. The molecule has 0 aliphatic carbocycles. The smallest absolute Gasteiger partial charge is 0.270 e. The van der Waals surface area contributed by atoms with Gasteiger partial charge in [0.25, 0.3) is 11.6 Å². The molecule has 0 bridgehead atoms. The van der Waals surface area contributed by atoms with Gasteiger partial charge < -0.3 is 15.4 Å². The lowest BCUT2D eigenvalue weighted by molar-refractivity contribution is -0.384. The summed E-state index contributed by atoms with van der Waals surface area (Å²) in [5.41, 5.74) is 4.87. The van der Waals surface area contributed by atoms with E-state index in [2.05, 4.69) is 27.7 Å². The van der Waals surface area contributed by atoms with Crippen LogP contribution in [0.3, 0.4) is 0 Å². The zero-order chi connectivity index (χ0) is 24.2. The first kappa shape index (κ1) is 22.8. The Bertz CT molecular complexity index is 1270. The minimum Gasteiger partial charge on any atom is -0.379 e. The molecule has 5 rings (SSSR count). The van der Waals surface area contributed by atoms with Crippen molar-refractivity contribution >= 4 is 34.2 Å². The van der Waals surface area contributed by atoms with Crippen molar-refractivity contribution in [2.24, 2.45) is 0 Å². The molecule has 1 fully saturated rings. The summed E-state index contributed by atoms with van der Waals surface area (Å²) in [4.78, 5) is 26.3. The quantitative estimate of drug-likeness (QED) is 0.302. The van der Waals surface area contributed by atoms with Gasteiger partial charge in [0.2, 0.25) is 0 Å². The molecule has 0 saturated carbocycles. The molecule has 2 aliphatic heterocycles. The van der Waals surface area contributed by atoms with Crippen LogP contribution in [0.15, 0.2) is 72.8 Å². The third kappa shape index (κ3) is 5.08. The lowest BCUT2D eigenvalue weighted by atomic mass is 9.99. The Morgan fingerprint density at radius 2 is 1.77 bits per heavy atom. The predicted molar refractivity (Wildman–Crippen MR) is 136 cm³/mol. The highest BCUT2D eigenvalue weighted by atomic mass is 16.6. The molecule has 1 amide bonds. The lowest BCUT2D eigenvalue weighted by Gasteiger charge is -2.26. The largest absolute Gasteiger partial charge is 0.379 e. The summed E-state index contributed by atoms with van der Waals surface area (Å²) in [6.07, 6.45) is 0.951. The minimum absolute atomic E-state index is 0.0604. The molecule has 0 atom stereocenters. The number of ether oxygens (including phenoxy) is 1. The van der Waals surface area contributed by atoms with Gasteiger partial charge in [-0.3, -0.25) is 19.8 Å². The fourth-order valence-electron chi connectivity index (χ4n) is 4.41. The fraction of sp³-hybridized carbons (Fsp3) is 0.222. The zero-order valence-corrected chi connectivity index (χ0v) is 19.2. The van der Waals surface area contributed by atoms with Crippen LogP contribution >= 0.6 is 0 Å². The Morgan fingerprint density at radius 1 is 1.03 bits per heavy atom. The third-order valence-electron chi connectivity index (χ3n) is 6.31. The maximum absolute atomic E-state index is 13.0. The van der Waals surface area contributed by atoms with E-state index in [0.717, 1.165) is 50.5 Å². The maximum atomic E-state index is 13.0. The number of non-ortho nitro benzene ring substituents is 1. The minimum atomic E-state index is -0.452. The molecule has 0 spiro atoms. The average molecular weight is 471 g/mol. The van der Waals surface area contributed by atoms with Crippen LogP contribution in [0.4, 0.5) is 17.1 Å². The number of nitro benzene ring substituents is 1. The summed E-state index contributed by atoms with van der Waals surface area (Å²) in [5.74, 6) is -0.297. The zero-order valence-electron chi connectivity index (χ0n) is 19.2. The van der Waals surface area contributed by atoms with Gasteiger partial charge >= 0.3 is 0 Å². The Morgan fingerprint density at radius 3 is 2.49 bits per heavy atom. The second-order valence-corrected chi connectivity index (χ2v) is 8.58. The van der Waals surface area contributed by atoms with Crippen molar-refractivity contribution in [3.05, 3.63) is 99.6 Å². The number of amides is 1. The van der Waals surface area contributed by atoms with E-state index in [9.17, 15) is 14.9 Å². The second kappa shape index (κ2) is 10.1. The van der Waals surface area contributed by atoms with Gasteiger partial charge in [0.15, 0.2) is 0 Å². The monoisotopic (exact) mass is 470 g/mol. The number of hydrogen-bond acceptors (Lipinski definition) is 6. The van der Waals surface area contributed by atoms with Crippen LogP contribution in [-0.4, -0.2) is 48.6 Å². The van der Waals surface area contributed by atoms with E-state index in [1.165, 1.54) is 17.7 Å². The predicted octanol–water partition coefficient (Wildman–Crippen LogP) is 4.40. The summed E-state index contributed by atoms with van der Waals surface area (Å²) >= 11 is 0. The molecule has 3 aromatic carbocycles. The van der Waals surface area contributed by atoms with Crippen LogP contribution in [-0.2, 0) is 16.0 Å². The molecule has 0 unspecified atom stereocenters. The van der Waals surface area contributed by atoms with E-state index in [1.54, 1.807) is 6.07 Å². The molecule has 2 aliphatic rings. The van der Waals surface area contributed by atoms with Crippen molar-refractivity contribution < 1.29 is 14.5 Å². The Kier molecular flexibility index (Phi) is 6.56. The number of rotatable bonds is 7. The normalized spacial score (nSPS) is 17.0. The number of nitrogens with zero attached hydrogens (tertiary/aromatic N) is 2. The van der Waals surface area contributed by atoms with Gasteiger partial charge in [-0.2, -0.15) is 0 Å². The summed E-state index contributed by atoms with van der Waals surface area (Å²) in [6.45, 7) is 4.51. The van der Waals surface area contributed by atoms with Gasteiger partial charge in [0.05, 0.1) is 29.4 Å². The van der Waals surface area contributed by atoms with Gasteiger partial charge in [-0.15, -0.1) is 0 Å². The number of morpholine rings is 1. The summed E-state index contributed by atoms with van der Waals surface area (Å²) in [6, 6.07) is 22.1. The first-order valence-electron chi connectivity index (χ1n) is 11.6. The molecule has 8 heteroatoms. The highest BCUT2D eigenvalue weighted by Crippen LogP contribution is 2.39. The van der Waals surface area contributed by atoms with E-state index in [0.29, 0.717) is 22.5 Å². The number of anilines is 2. The molecule has 8 nitrogen and oxygen atoms in total. The van der Waals surface area contributed by atoms with Crippen molar-refractivity contribution in [1.82, 2.24) is 4.90 Å². The first-order valence-corrected chi connectivity index (χ1v) is 11.6. The number of benzene rings is 3. The molecule has 2 heterocycles. The standard InChI is InChI=1S/C27H26N4O4/c32-27-25(23-18-22(31(33)34)10-11-24(23)29-27)26(20-4-2-1-3-5-20)28-21-8-6-19(7-9-21)12-13-30-14-16-35-17-15-30/h1-11,18,28H,12-17H2,(H,29,32). The molecule has 1 saturated heterocycles. The molecule has 178 valence electrons. The maximum Gasteiger partial charge on any atom is 0.270 e. The number of nitro groups is 1. The molecular weight excluding hydrogens is 444 g/mol. The van der Waals surface area contributed by atoms with Gasteiger partial charge in [0, 0.05) is 48.7 Å². The van der Waals surface area contributed by atoms with E-state index >= 15 is 0 Å². The second-order valence-electron chi connectivity index (χ2n) is 8.58. The van der Waals surface area contributed by atoms with E-state index < -0.39 is 4.92 Å². The number of carbonyl (C=O) groups is 1. The summed E-state index contributed by atoms with van der Waals surface area (Å²) in [5, 5.41) is 17.6. The Labute approximate surface area is 203 Å². The van der Waals surface area contributed by atoms with E-state index in [4.69, 9.17) is 4.74 Å². The van der Waals surface area contributed by atoms with Gasteiger partial charge in [-0.25, -0.2) is 0 Å². The van der Waals surface area contributed by atoms with Gasteiger partial charge in [-0.05, 0) is 35.7 Å². The molecule has 3 aromatic rings. The SMILES string of the molecule is O=C1Nc2ccc([N+](=O)[O-])cc2C1=C(Nc1ccc(CCN2CCOCC2)cc1)c1ccccc1. The number of nitrogens with one attached hydrogen (secondary N) is 2. The van der Waals surface area contributed by atoms with Crippen molar-refractivity contribution in [1.29, 1.82) is 0 Å². The van der Waals surface area contributed by atoms with Crippen molar-refractivity contribution in [2.45, 2.75) is 6.42 Å². The van der Waals surface area contributed by atoms with Crippen LogP contribution in [0.2, 0.25) is 0 Å².